The molecule has 478 valence electrons. The summed E-state index contributed by atoms with van der Waals surface area (Å²) in [5.41, 5.74) is 5.05. The summed E-state index contributed by atoms with van der Waals surface area (Å²) < 4.78 is 49.1. The van der Waals surface area contributed by atoms with Crippen molar-refractivity contribution in [3.8, 4) is 0 Å². The van der Waals surface area contributed by atoms with Crippen molar-refractivity contribution in [2.45, 2.75) is 147 Å². The Balaban J connectivity index is 0.000000134. The first-order valence-corrected chi connectivity index (χ1v) is 31.5. The normalized spacial score (nSPS) is 26.3. The van der Waals surface area contributed by atoms with Crippen LogP contribution in [0.3, 0.4) is 0 Å². The number of nitrogens with one attached hydrogen (secondary N) is 3. The third kappa shape index (κ3) is 11.3. The number of carboxylic acids is 1. The zero-order valence-electron chi connectivity index (χ0n) is 51.9. The summed E-state index contributed by atoms with van der Waals surface area (Å²) in [6, 6.07) is 35.0. The first-order valence-electron chi connectivity index (χ1n) is 31.5. The minimum atomic E-state index is -4.64. The number of hydrogen-bond acceptors (Lipinski definition) is 16. The number of para-hydroxylation sites is 6. The average Bonchev–Trinajstić information content (AvgIpc) is 1.55. The number of rotatable bonds is 6. The van der Waals surface area contributed by atoms with Gasteiger partial charge in [0.2, 0.25) is 23.6 Å². The molecule has 0 spiro atoms. The second-order valence-electron chi connectivity index (χ2n) is 26.5. The summed E-state index contributed by atoms with van der Waals surface area (Å²) >= 11 is 0. The van der Waals surface area contributed by atoms with Crippen LogP contribution in [-0.2, 0) is 59.9 Å². The first kappa shape index (κ1) is 64.5. The van der Waals surface area contributed by atoms with Gasteiger partial charge in [0.25, 0.3) is 5.82 Å². The molecule has 7 heterocycles. The van der Waals surface area contributed by atoms with Crippen molar-refractivity contribution in [2.24, 2.45) is 27.1 Å². The Kier molecular flexibility index (Phi) is 17.1. The number of amides is 3. The smallest absolute Gasteiger partial charge is 0.870 e. The van der Waals surface area contributed by atoms with Crippen molar-refractivity contribution < 1.29 is 75.8 Å². The predicted molar refractivity (Wildman–Crippen MR) is 333 cm³/mol. The van der Waals surface area contributed by atoms with Crippen LogP contribution in [0.2, 0.25) is 0 Å². The van der Waals surface area contributed by atoms with E-state index in [0.29, 0.717) is 96.7 Å². The van der Waals surface area contributed by atoms with E-state index in [-0.39, 0.29) is 59.3 Å². The molecular weight excluding hydrogens is 1190 g/mol. The van der Waals surface area contributed by atoms with Crippen LogP contribution in [0, 0.1) is 27.1 Å². The molecule has 3 aliphatic heterocycles. The molecule has 3 amide bonds. The number of ether oxygens (including phenoxy) is 1. The largest absolute Gasteiger partial charge is 1.00 e. The Hall–Kier alpha value is -8.65. The van der Waals surface area contributed by atoms with E-state index in [4.69, 9.17) is 9.26 Å². The number of pyridine rings is 3. The molecule has 0 saturated heterocycles. The fourth-order valence-corrected chi connectivity index (χ4v) is 16.3. The van der Waals surface area contributed by atoms with E-state index in [1.807, 2.05) is 124 Å². The number of carbonyl (C=O) groups excluding carboxylic acids is 4. The number of aliphatic carboxylic acids is 1. The minimum absolute atomic E-state index is 0. The average molecular weight is 1260 g/mol. The molecule has 0 unspecified atom stereocenters. The maximum atomic E-state index is 14.1. The molecule has 12 aliphatic rings. The molecule has 0 radical (unpaired) electrons. The molecule has 93 heavy (non-hydrogen) atoms. The van der Waals surface area contributed by atoms with Crippen LogP contribution in [0.4, 0.5) is 64.7 Å². The zero-order valence-corrected chi connectivity index (χ0v) is 51.9. The molecule has 6 bridgehead atoms. The van der Waals surface area contributed by atoms with E-state index >= 15 is 0 Å². The van der Waals surface area contributed by atoms with Gasteiger partial charge in [-0.25, -0.2) is 15.0 Å². The minimum Gasteiger partial charge on any atom is -0.870 e. The van der Waals surface area contributed by atoms with Gasteiger partial charge in [0, 0.05) is 56.9 Å². The third-order valence-corrected chi connectivity index (χ3v) is 22.0. The van der Waals surface area contributed by atoms with E-state index in [1.54, 1.807) is 18.6 Å². The van der Waals surface area contributed by atoms with Gasteiger partial charge in [-0.05, 0) is 170 Å². The second kappa shape index (κ2) is 24.7. The molecule has 0 atom stereocenters. The van der Waals surface area contributed by atoms with Gasteiger partial charge in [0.15, 0.2) is 0 Å². The monoisotopic (exact) mass is 1260 g/mol. The van der Waals surface area contributed by atoms with Crippen molar-refractivity contribution >= 4 is 81.2 Å². The standard InChI is InChI=1S/C24H22F3N5O2.C23H25N3O3.C22H23N3O3.Li.H2O/c25-24(26,27)19-30-20(34-31-19)22-7-10-23(11-8-22,12-9-22)21(33)32-14-15-4-3-13-28-18(15)29-16-5-1-2-6-17(16)32;1-29-21(28)23-11-8-22(9-12-23,10-13-23)20(27)26-15-16-5-4-14-24-19(16)25-17-6-2-3-7-18(17)26;26-19(21-7-10-22(11-8-21,12-9-21)20(27)28)25-14-15-4-3-13-23-18(15)24-16-5-1-2-6-17(16)25;;/h1-6,13H,7-12,14H2,(H,28,29);2-7,14H,8-13,15H2,1H3,(H,24,25);1-6,13H,7-12,14H2,(H,23,24)(H,27,28);;1H2/q;;;+1;/p-1. The summed E-state index contributed by atoms with van der Waals surface area (Å²) in [6.07, 6.45) is 12.1. The van der Waals surface area contributed by atoms with Gasteiger partial charge in [-0.15, -0.1) is 0 Å². The molecule has 20 nitrogen and oxygen atoms in total. The molecule has 5 N–H and O–H groups in total. The van der Waals surface area contributed by atoms with Gasteiger partial charge < -0.3 is 50.5 Å². The first-order chi connectivity index (χ1) is 43.9. The SMILES string of the molecule is COC(=O)C12CCC(C(=O)N3Cc4cccnc4Nc4ccccc43)(CC1)CC2.O=C(N1Cc2cccnc2Nc2ccccc21)C12CCC(c3nc(C(F)(F)F)no3)(CC1)CC2.O=C(O)C12CCC(C(=O)N3Cc4cccnc4Nc4ccccc43)(CC1)CC2.[Li+].[OH-]. The van der Waals surface area contributed by atoms with E-state index < -0.39 is 45.0 Å². The fourth-order valence-electron chi connectivity index (χ4n) is 16.3. The number of esters is 1. The molecule has 24 heteroatoms. The zero-order chi connectivity index (χ0) is 63.0. The number of halogens is 3. The van der Waals surface area contributed by atoms with Crippen LogP contribution in [0.15, 0.2) is 132 Å². The number of anilines is 9. The number of alkyl halides is 3. The van der Waals surface area contributed by atoms with E-state index in [9.17, 15) is 42.3 Å². The summed E-state index contributed by atoms with van der Waals surface area (Å²) in [5.74, 6) is 0.643. The van der Waals surface area contributed by atoms with Crippen LogP contribution in [0.1, 0.15) is 144 Å². The summed E-state index contributed by atoms with van der Waals surface area (Å²) in [7, 11) is 1.46. The Morgan fingerprint density at radius 3 is 1.13 bits per heavy atom. The number of benzene rings is 3. The van der Waals surface area contributed by atoms with Crippen LogP contribution in [0.5, 0.6) is 0 Å². The topological polar surface area (TPSA) is 268 Å². The Bertz CT molecular complexity index is 3980. The van der Waals surface area contributed by atoms with Crippen molar-refractivity contribution in [3.63, 3.8) is 0 Å². The Labute approximate surface area is 547 Å². The number of fused-ring (bicyclic) bond motifs is 15. The van der Waals surface area contributed by atoms with E-state index in [0.717, 1.165) is 107 Å². The van der Waals surface area contributed by atoms with Gasteiger partial charge >= 0.3 is 37.0 Å². The Morgan fingerprint density at radius 1 is 0.484 bits per heavy atom. The quantitative estimate of drug-likeness (QED) is 0.0890. The molecule has 9 aliphatic carbocycles. The summed E-state index contributed by atoms with van der Waals surface area (Å²) in [5, 5.41) is 22.9. The third-order valence-electron chi connectivity index (χ3n) is 22.0. The van der Waals surface area contributed by atoms with Gasteiger partial charge in [-0.2, -0.15) is 18.2 Å². The van der Waals surface area contributed by atoms with Crippen molar-refractivity contribution in [1.29, 1.82) is 0 Å². The number of carboxylic acid groups (broad SMARTS) is 1. The molecule has 9 fully saturated rings. The van der Waals surface area contributed by atoms with Crippen LogP contribution in [-0.4, -0.2) is 72.4 Å². The molecule has 9 saturated carbocycles. The van der Waals surface area contributed by atoms with Crippen LogP contribution < -0.4 is 49.5 Å². The number of carbonyl (C=O) groups is 5. The van der Waals surface area contributed by atoms with Crippen LogP contribution >= 0.6 is 0 Å². The number of hydrogen-bond donors (Lipinski definition) is 4. The van der Waals surface area contributed by atoms with E-state index in [1.165, 1.54) is 7.11 Å². The molecule has 19 rings (SSSR count). The predicted octanol–water partition coefficient (Wildman–Crippen LogP) is 10.5. The van der Waals surface area contributed by atoms with Gasteiger partial charge in [-0.1, -0.05) is 59.8 Å². The molecule has 7 aromatic rings. The van der Waals surface area contributed by atoms with Crippen molar-refractivity contribution in [1.82, 2.24) is 25.1 Å². The Morgan fingerprint density at radius 2 is 0.806 bits per heavy atom. The number of methoxy groups -OCH3 is 1. The van der Waals surface area contributed by atoms with Crippen LogP contribution in [0.25, 0.3) is 0 Å². The van der Waals surface area contributed by atoms with Gasteiger partial charge in [0.1, 0.15) is 17.5 Å². The van der Waals surface area contributed by atoms with E-state index in [2.05, 4.69) is 41.0 Å². The van der Waals surface area contributed by atoms with Crippen molar-refractivity contribution in [3.05, 3.63) is 156 Å². The second-order valence-corrected chi connectivity index (χ2v) is 26.5. The molecule has 4 aromatic heterocycles. The maximum Gasteiger partial charge on any atom is 1.00 e. The molecular formula is C69H71F3LiN11O9. The number of nitrogens with zero attached hydrogens (tertiary/aromatic N) is 8. The van der Waals surface area contributed by atoms with Crippen molar-refractivity contribution in [2.75, 3.05) is 37.8 Å². The van der Waals surface area contributed by atoms with Gasteiger partial charge in [0.05, 0.1) is 71.7 Å². The summed E-state index contributed by atoms with van der Waals surface area (Å²) in [4.78, 5) is 88.7. The molecule has 3 aromatic carbocycles. The summed E-state index contributed by atoms with van der Waals surface area (Å²) in [6.45, 7) is 1.37. The fraction of sp³-hybridized carbons (Fsp3) is 0.420. The van der Waals surface area contributed by atoms with Gasteiger partial charge in [-0.3, -0.25) is 24.0 Å². The number of aromatic nitrogens is 5. The maximum absolute atomic E-state index is 14.1.